The fourth-order valence-electron chi connectivity index (χ4n) is 2.65. The molecule has 11 heteroatoms. The molecule has 0 unspecified atom stereocenters. The molecule has 1 N–H and O–H groups in total. The molecule has 0 fully saturated rings. The van der Waals surface area contributed by atoms with E-state index in [-0.39, 0.29) is 42.1 Å². The summed E-state index contributed by atoms with van der Waals surface area (Å²) in [6.45, 7) is 1.37. The molecule has 0 saturated carbocycles. The van der Waals surface area contributed by atoms with Gasteiger partial charge in [-0.3, -0.25) is 9.59 Å². The molecular weight excluding hydrogens is 345 g/mol. The van der Waals surface area contributed by atoms with Crippen LogP contribution in [-0.4, -0.2) is 37.7 Å². The van der Waals surface area contributed by atoms with E-state index in [1.54, 1.807) is 6.07 Å². The fraction of sp³-hybridized carbons (Fsp3) is 0.400. The molecule has 2 rings (SSSR count). The first-order chi connectivity index (χ1) is 12.4. The number of rotatable bonds is 7. The average molecular weight is 361 g/mol. The second-order valence-corrected chi connectivity index (χ2v) is 5.72. The van der Waals surface area contributed by atoms with Gasteiger partial charge in [-0.25, -0.2) is 0 Å². The van der Waals surface area contributed by atoms with E-state index in [1.807, 2.05) is 0 Å². The third kappa shape index (κ3) is 4.10. The van der Waals surface area contributed by atoms with Crippen LogP contribution in [0.1, 0.15) is 35.7 Å². The van der Waals surface area contributed by atoms with E-state index in [0.717, 1.165) is 0 Å². The van der Waals surface area contributed by atoms with Gasteiger partial charge in [0.05, 0.1) is 13.1 Å². The number of nitrogens with zero attached hydrogens (tertiary/aromatic N) is 2. The number of benzene rings is 1. The summed E-state index contributed by atoms with van der Waals surface area (Å²) >= 11 is 0. The Balaban J connectivity index is 2.29. The van der Waals surface area contributed by atoms with Crippen molar-refractivity contribution < 1.29 is 23.8 Å². The summed E-state index contributed by atoms with van der Waals surface area (Å²) in [7, 11) is -0.00583. The van der Waals surface area contributed by atoms with Gasteiger partial charge in [-0.15, -0.1) is 4.91 Å². The summed E-state index contributed by atoms with van der Waals surface area (Å²) in [6.07, 6.45) is 0.197. The van der Waals surface area contributed by atoms with Crippen molar-refractivity contribution in [2.75, 3.05) is 7.11 Å². The lowest BCUT2D eigenvalue weighted by atomic mass is 9.68. The Morgan fingerprint density at radius 3 is 2.62 bits per heavy atom. The van der Waals surface area contributed by atoms with Crippen molar-refractivity contribution in [3.8, 4) is 11.5 Å². The van der Waals surface area contributed by atoms with E-state index in [9.17, 15) is 24.2 Å². The first-order valence-electron chi connectivity index (χ1n) is 7.76. The minimum atomic E-state index is -1.31. The molecule has 26 heavy (non-hydrogen) atoms. The number of nitroso groups, excluding NO2 is 2. The first-order valence-corrected chi connectivity index (χ1v) is 7.76. The van der Waals surface area contributed by atoms with E-state index in [4.69, 9.17) is 9.39 Å². The van der Waals surface area contributed by atoms with Gasteiger partial charge < -0.3 is 19.5 Å². The van der Waals surface area contributed by atoms with Crippen LogP contribution >= 0.6 is 0 Å². The van der Waals surface area contributed by atoms with Gasteiger partial charge in [-0.2, -0.15) is 4.91 Å². The summed E-state index contributed by atoms with van der Waals surface area (Å²) in [6, 6.07) is 3.05. The number of Topliss-reactive ketones (excluding diaryl/α,β-unsaturated/α-hetero) is 1. The van der Waals surface area contributed by atoms with Gasteiger partial charge in [-0.1, -0.05) is 11.2 Å². The van der Waals surface area contributed by atoms with E-state index < -0.39 is 24.8 Å². The molecule has 0 aromatic heterocycles. The van der Waals surface area contributed by atoms with Gasteiger partial charge in [-0.05, 0) is 25.0 Å². The van der Waals surface area contributed by atoms with Crippen LogP contribution in [0.2, 0.25) is 0 Å². The Hall–Kier alpha value is -3.11. The molecule has 1 aromatic rings. The van der Waals surface area contributed by atoms with Crippen LogP contribution in [-0.2, 0) is 16.0 Å². The number of hydrogen-bond acceptors (Lipinski definition) is 8. The molecule has 10 nitrogen and oxygen atoms in total. The third-order valence-electron chi connectivity index (χ3n) is 3.89. The highest BCUT2D eigenvalue weighted by molar-refractivity contribution is 6.53. The number of fused-ring (bicyclic) bond motifs is 1. The van der Waals surface area contributed by atoms with E-state index in [1.165, 1.54) is 20.1 Å². The quantitative estimate of drug-likeness (QED) is 0.568. The Labute approximate surface area is 148 Å². The van der Waals surface area contributed by atoms with Crippen LogP contribution in [0.4, 0.5) is 0 Å². The summed E-state index contributed by atoms with van der Waals surface area (Å²) in [5, 5.41) is 7.81. The smallest absolute Gasteiger partial charge is 0.536 e. The van der Waals surface area contributed by atoms with Crippen molar-refractivity contribution in [3.05, 3.63) is 33.1 Å². The average Bonchev–Trinajstić information content (AvgIpc) is 2.64. The van der Waals surface area contributed by atoms with Crippen LogP contribution in [0.25, 0.3) is 0 Å². The van der Waals surface area contributed by atoms with Crippen molar-refractivity contribution in [2.45, 2.75) is 32.1 Å². The van der Waals surface area contributed by atoms with Crippen LogP contribution < -0.4 is 14.7 Å². The molecule has 1 aliphatic rings. The Morgan fingerprint density at radius 2 is 2.04 bits per heavy atom. The van der Waals surface area contributed by atoms with Gasteiger partial charge in [0, 0.05) is 18.0 Å². The van der Waals surface area contributed by atoms with E-state index >= 15 is 0 Å². The molecular formula is C15H16BN3O7. The molecule has 1 heterocycles. The van der Waals surface area contributed by atoms with Gasteiger partial charge in [0.1, 0.15) is 22.8 Å². The molecule has 2 amide bonds. The second-order valence-electron chi connectivity index (χ2n) is 5.72. The normalized spacial score (nSPS) is 15.3. The molecule has 0 spiro atoms. The van der Waals surface area contributed by atoms with Crippen LogP contribution in [0.15, 0.2) is 22.4 Å². The zero-order chi connectivity index (χ0) is 19.3. The fourth-order valence-corrected chi connectivity index (χ4v) is 2.65. The minimum Gasteiger partial charge on any atom is -0.536 e. The van der Waals surface area contributed by atoms with Crippen LogP contribution in [0, 0.1) is 9.81 Å². The summed E-state index contributed by atoms with van der Waals surface area (Å²) in [5.41, 5.74) is 0.282. The van der Waals surface area contributed by atoms with E-state index in [0.29, 0.717) is 5.56 Å². The third-order valence-corrected chi connectivity index (χ3v) is 3.89. The number of amides is 2. The SMILES string of the molecule is COc1ccc2c(c1C(=O)N=O)OB(N=O)[C@@H](NC(=O)CCC(C)=O)C2. The Kier molecular flexibility index (Phi) is 6.15. The van der Waals surface area contributed by atoms with Gasteiger partial charge in [0.15, 0.2) is 0 Å². The van der Waals surface area contributed by atoms with Crippen molar-refractivity contribution in [2.24, 2.45) is 10.3 Å². The summed E-state index contributed by atoms with van der Waals surface area (Å²) in [5.74, 6) is -2.39. The minimum absolute atomic E-state index is 0.0206. The van der Waals surface area contributed by atoms with E-state index in [2.05, 4.69) is 15.6 Å². The molecule has 0 saturated heterocycles. The van der Waals surface area contributed by atoms with Crippen molar-refractivity contribution >= 4 is 24.6 Å². The lowest BCUT2D eigenvalue weighted by Gasteiger charge is -2.29. The molecule has 0 bridgehead atoms. The van der Waals surface area contributed by atoms with Gasteiger partial charge >= 0.3 is 13.0 Å². The maximum atomic E-state index is 11.9. The number of nitrogens with one attached hydrogen (secondary N) is 1. The monoisotopic (exact) mass is 361 g/mol. The highest BCUT2D eigenvalue weighted by Gasteiger charge is 2.41. The zero-order valence-electron chi connectivity index (χ0n) is 14.2. The van der Waals surface area contributed by atoms with Crippen LogP contribution in [0.3, 0.4) is 0 Å². The zero-order valence-corrected chi connectivity index (χ0v) is 14.2. The number of ether oxygens (including phenoxy) is 1. The van der Waals surface area contributed by atoms with Crippen molar-refractivity contribution in [1.29, 1.82) is 0 Å². The topological polar surface area (TPSA) is 141 Å². The molecule has 136 valence electrons. The van der Waals surface area contributed by atoms with Gasteiger partial charge in [0.2, 0.25) is 5.91 Å². The molecule has 0 radical (unpaired) electrons. The predicted molar refractivity (Wildman–Crippen MR) is 90.8 cm³/mol. The second kappa shape index (κ2) is 8.32. The highest BCUT2D eigenvalue weighted by atomic mass is 16.5. The highest BCUT2D eigenvalue weighted by Crippen LogP contribution is 2.37. The number of carbonyl (C=O) groups is 3. The Morgan fingerprint density at radius 1 is 1.31 bits per heavy atom. The maximum absolute atomic E-state index is 11.9. The van der Waals surface area contributed by atoms with Gasteiger partial charge in [0.25, 0.3) is 0 Å². The number of ketones is 1. The maximum Gasteiger partial charge on any atom is 0.570 e. The summed E-state index contributed by atoms with van der Waals surface area (Å²) in [4.78, 5) is 56.5. The van der Waals surface area contributed by atoms with Crippen molar-refractivity contribution in [3.63, 3.8) is 0 Å². The number of methoxy groups -OCH3 is 1. The predicted octanol–water partition coefficient (Wildman–Crippen LogP) is 1.18. The molecule has 1 atom stereocenters. The largest absolute Gasteiger partial charge is 0.570 e. The van der Waals surface area contributed by atoms with Crippen LogP contribution in [0.5, 0.6) is 11.5 Å². The molecule has 0 aliphatic carbocycles. The standard InChI is InChI=1S/C15H16BN3O7/c1-8(20)3-6-12(21)17-11-7-9-4-5-10(25-2)13(15(22)18-23)14(9)26-16(11)19-24/h4-5,11H,3,6-7H2,1-2H3,(H,17,21)/t11-/m0/s1. The molecule has 1 aliphatic heterocycles. The number of hydrogen-bond donors (Lipinski definition) is 1. The molecule has 1 aromatic carbocycles. The lowest BCUT2D eigenvalue weighted by Crippen LogP contribution is -2.52. The Bertz CT molecular complexity index is 768. The lowest BCUT2D eigenvalue weighted by molar-refractivity contribution is -0.124. The number of carbonyl (C=O) groups excluding carboxylic acids is 3. The first kappa shape index (κ1) is 19.2. The summed E-state index contributed by atoms with van der Waals surface area (Å²) < 4.78 is 10.5. The van der Waals surface area contributed by atoms with Crippen molar-refractivity contribution in [1.82, 2.24) is 5.32 Å².